The first kappa shape index (κ1) is 64.3. The van der Waals surface area contributed by atoms with Crippen molar-refractivity contribution in [3.8, 4) is 38.9 Å². The molecule has 0 bridgehead atoms. The van der Waals surface area contributed by atoms with Crippen LogP contribution in [0.5, 0.6) is 17.2 Å². The van der Waals surface area contributed by atoms with Gasteiger partial charge in [0, 0.05) is 68.4 Å². The van der Waals surface area contributed by atoms with Gasteiger partial charge in [-0.25, -0.2) is 24.7 Å². The van der Waals surface area contributed by atoms with E-state index in [1.165, 1.54) is 19.1 Å². The number of thiazole rings is 1. The van der Waals surface area contributed by atoms with E-state index in [9.17, 15) is 29.4 Å². The smallest absolute Gasteiger partial charge is 0.407 e. The van der Waals surface area contributed by atoms with Crippen molar-refractivity contribution in [1.29, 1.82) is 0 Å². The molecule has 4 amide bonds. The zero-order chi connectivity index (χ0) is 60.6. The lowest BCUT2D eigenvalue weighted by molar-refractivity contribution is -0.144. The van der Waals surface area contributed by atoms with Gasteiger partial charge in [-0.2, -0.15) is 0 Å². The number of carbonyl (C=O) groups excluding carboxylic acids is 3. The second kappa shape index (κ2) is 30.0. The fourth-order valence-corrected chi connectivity index (χ4v) is 10.8. The van der Waals surface area contributed by atoms with Gasteiger partial charge in [0.1, 0.15) is 31.1 Å². The number of benzene rings is 2. The molecule has 2 saturated heterocycles. The van der Waals surface area contributed by atoms with E-state index in [1.807, 2.05) is 76.5 Å². The zero-order valence-corrected chi connectivity index (χ0v) is 50.7. The molecule has 84 heavy (non-hydrogen) atoms. The third kappa shape index (κ3) is 17.4. The van der Waals surface area contributed by atoms with Gasteiger partial charge in [0.2, 0.25) is 29.4 Å². The molecular formula is C60H82N10O13S. The average Bonchev–Trinajstić information content (AvgIpc) is 2.56. The topological polar surface area (TPSA) is 271 Å². The van der Waals surface area contributed by atoms with E-state index in [1.54, 1.807) is 46.8 Å². The molecule has 2 aliphatic rings. The fourth-order valence-electron chi connectivity index (χ4n) is 10.0. The van der Waals surface area contributed by atoms with Gasteiger partial charge in [0.05, 0.1) is 100 Å². The maximum Gasteiger partial charge on any atom is 0.407 e. The highest BCUT2D eigenvalue weighted by Crippen LogP contribution is 2.41. The number of aliphatic hydroxyl groups excluding tert-OH is 1. The molecule has 2 aliphatic heterocycles. The van der Waals surface area contributed by atoms with Gasteiger partial charge in [0.15, 0.2) is 11.5 Å². The van der Waals surface area contributed by atoms with Crippen molar-refractivity contribution in [2.24, 2.45) is 10.8 Å². The summed E-state index contributed by atoms with van der Waals surface area (Å²) in [6, 6.07) is 15.0. The summed E-state index contributed by atoms with van der Waals surface area (Å²) in [5, 5.41) is 29.5. The van der Waals surface area contributed by atoms with Gasteiger partial charge in [-0.3, -0.25) is 14.4 Å². The van der Waals surface area contributed by atoms with E-state index >= 15 is 0 Å². The number of amides is 4. The number of β-amino-alcohol motifs (C(OH)–C–C–N with tert-alkyl or cyclic N) is 1. The van der Waals surface area contributed by atoms with Crippen molar-refractivity contribution in [2.45, 2.75) is 105 Å². The summed E-state index contributed by atoms with van der Waals surface area (Å²) in [6.45, 7) is 18.6. The van der Waals surface area contributed by atoms with Crippen LogP contribution in [0.25, 0.3) is 21.7 Å². The maximum absolute atomic E-state index is 14.0. The largest absolute Gasteiger partial charge is 0.493 e. The summed E-state index contributed by atoms with van der Waals surface area (Å²) in [5.41, 5.74) is 5.79. The maximum atomic E-state index is 14.0. The summed E-state index contributed by atoms with van der Waals surface area (Å²) in [6.07, 6.45) is 2.43. The SMILES string of the molecule is CCC1CN(c2ccc(-c3ccnc(Nc4cc(OC)c(OC)c(OCCOCCOCCOCCOCC(=O)N[C@H](C(=O)N5C[C@H](O)C[C@H]5C(=O)NCc5ccc(-c6scnc6C)cc5)C(C)(C)C)c4)n3)cn2)C(C(C)(C)C)CN1C(=O)O. The Labute approximate surface area is 495 Å². The Morgan fingerprint density at radius 3 is 2.05 bits per heavy atom. The first-order chi connectivity index (χ1) is 40.2. The summed E-state index contributed by atoms with van der Waals surface area (Å²) >= 11 is 1.57. The molecule has 5 aromatic rings. The Balaban J connectivity index is 0.777. The Morgan fingerprint density at radius 1 is 0.786 bits per heavy atom. The monoisotopic (exact) mass is 1180 g/mol. The number of hydrogen-bond acceptors (Lipinski definition) is 19. The second-order valence-electron chi connectivity index (χ2n) is 22.7. The number of methoxy groups -OCH3 is 2. The molecule has 5 heterocycles. The lowest BCUT2D eigenvalue weighted by Crippen LogP contribution is -2.63. The third-order valence-corrected chi connectivity index (χ3v) is 15.5. The average molecular weight is 1180 g/mol. The third-order valence-electron chi connectivity index (χ3n) is 14.6. The fraction of sp³-hybridized carbons (Fsp3) is 0.533. The van der Waals surface area contributed by atoms with Crippen LogP contribution >= 0.6 is 11.3 Å². The molecular weight excluding hydrogens is 1100 g/mol. The zero-order valence-electron chi connectivity index (χ0n) is 49.8. The summed E-state index contributed by atoms with van der Waals surface area (Å²) < 4.78 is 39.9. The molecule has 7 rings (SSSR count). The number of hydrogen-bond donors (Lipinski definition) is 5. The molecule has 0 radical (unpaired) electrons. The highest BCUT2D eigenvalue weighted by atomic mass is 32.1. The number of piperazine rings is 1. The predicted molar refractivity (Wildman–Crippen MR) is 318 cm³/mol. The normalized spacial score (nSPS) is 17.6. The Morgan fingerprint density at radius 2 is 1.45 bits per heavy atom. The number of likely N-dealkylation sites (tertiary alicyclic amines) is 1. The van der Waals surface area contributed by atoms with Crippen LogP contribution in [-0.2, 0) is 39.9 Å². The Hall–Kier alpha value is -7.22. The number of carboxylic acid groups (broad SMARTS) is 1. The molecule has 24 heteroatoms. The van der Waals surface area contributed by atoms with Crippen molar-refractivity contribution < 1.29 is 62.5 Å². The standard InChI is InChI=1S/C60H82N10O13S/c1-11-43-33-70(49(59(3,4)5)35-68(43)58(75)76)50-17-16-41(32-62-50)45-18-19-61-57(66-45)65-42-28-47(77-9)52(78-10)48(29-42)83-27-26-81-23-22-79-20-21-80-24-25-82-36-51(72)67-54(60(6,7)8)56(74)69-34-44(71)30-46(69)55(73)63-31-39-12-14-40(15-13-39)53-38(2)64-37-84-53/h12-19,28-29,32,37,43-44,46,49,54,71H,11,20-27,30-31,33-36H2,1-10H3,(H,63,73)(H,67,72)(H,75,76)(H,61,65,66)/t43?,44-,46+,49?,54-/m1/s1. The van der Waals surface area contributed by atoms with Crippen LogP contribution < -0.4 is 35.1 Å². The highest BCUT2D eigenvalue weighted by molar-refractivity contribution is 7.13. The number of anilines is 3. The number of rotatable bonds is 28. The first-order valence-electron chi connectivity index (χ1n) is 28.3. The lowest BCUT2D eigenvalue weighted by atomic mass is 9.83. The number of nitrogens with one attached hydrogen (secondary N) is 3. The van der Waals surface area contributed by atoms with E-state index in [0.717, 1.165) is 33.1 Å². The minimum Gasteiger partial charge on any atom is -0.493 e. The van der Waals surface area contributed by atoms with Crippen LogP contribution in [0.15, 0.2) is 72.5 Å². The van der Waals surface area contributed by atoms with Gasteiger partial charge in [0.25, 0.3) is 0 Å². The minimum atomic E-state index is -0.987. The van der Waals surface area contributed by atoms with Crippen LogP contribution in [0.3, 0.4) is 0 Å². The molecule has 0 aliphatic carbocycles. The molecule has 456 valence electrons. The van der Waals surface area contributed by atoms with Crippen LogP contribution in [0, 0.1) is 17.8 Å². The minimum absolute atomic E-state index is 0.0316. The predicted octanol–water partition coefficient (Wildman–Crippen LogP) is 6.98. The van der Waals surface area contributed by atoms with Gasteiger partial charge in [-0.15, -0.1) is 11.3 Å². The van der Waals surface area contributed by atoms with Crippen molar-refractivity contribution in [3.63, 3.8) is 0 Å². The van der Waals surface area contributed by atoms with Crippen LogP contribution in [0.4, 0.5) is 22.2 Å². The van der Waals surface area contributed by atoms with Crippen molar-refractivity contribution in [2.75, 3.05) is 104 Å². The molecule has 5 N–H and O–H groups in total. The molecule has 2 fully saturated rings. The van der Waals surface area contributed by atoms with E-state index < -0.39 is 41.5 Å². The Kier molecular flexibility index (Phi) is 23.0. The van der Waals surface area contributed by atoms with E-state index in [0.29, 0.717) is 73.9 Å². The summed E-state index contributed by atoms with van der Waals surface area (Å²) in [5.74, 6) is 1.01. The van der Waals surface area contributed by atoms with Gasteiger partial charge in [-0.05, 0) is 53.5 Å². The van der Waals surface area contributed by atoms with Crippen LogP contribution in [-0.4, -0.2) is 187 Å². The molecule has 5 atom stereocenters. The number of ether oxygens (including phenoxy) is 7. The van der Waals surface area contributed by atoms with E-state index in [4.69, 9.17) is 43.1 Å². The highest BCUT2D eigenvalue weighted by Gasteiger charge is 2.45. The number of pyridine rings is 1. The number of aromatic nitrogens is 4. The number of aryl methyl sites for hydroxylation is 1. The number of aliphatic hydroxyl groups is 1. The summed E-state index contributed by atoms with van der Waals surface area (Å²) in [4.78, 5) is 77.3. The molecule has 3 aromatic heterocycles. The first-order valence-corrected chi connectivity index (χ1v) is 29.1. The molecule has 2 unspecified atom stereocenters. The lowest BCUT2D eigenvalue weighted by Gasteiger charge is -2.50. The molecule has 0 spiro atoms. The van der Waals surface area contributed by atoms with Crippen molar-refractivity contribution in [1.82, 2.24) is 40.4 Å². The summed E-state index contributed by atoms with van der Waals surface area (Å²) in [7, 11) is 3.06. The molecule has 2 aromatic carbocycles. The van der Waals surface area contributed by atoms with E-state index in [2.05, 4.69) is 51.6 Å². The molecule has 23 nitrogen and oxygen atoms in total. The van der Waals surface area contributed by atoms with Crippen molar-refractivity contribution in [3.05, 3.63) is 83.8 Å². The van der Waals surface area contributed by atoms with Gasteiger partial charge in [-0.1, -0.05) is 72.7 Å². The number of carbonyl (C=O) groups is 4. The van der Waals surface area contributed by atoms with Gasteiger partial charge >= 0.3 is 6.09 Å². The van der Waals surface area contributed by atoms with Crippen LogP contribution in [0.1, 0.15) is 72.6 Å². The second-order valence-corrected chi connectivity index (χ2v) is 23.6. The van der Waals surface area contributed by atoms with Gasteiger partial charge < -0.3 is 74.0 Å². The van der Waals surface area contributed by atoms with Crippen LogP contribution in [0.2, 0.25) is 0 Å². The number of nitrogens with zero attached hydrogens (tertiary/aromatic N) is 7. The Bertz CT molecular complexity index is 2960. The van der Waals surface area contributed by atoms with E-state index in [-0.39, 0.29) is 82.6 Å². The molecule has 0 saturated carbocycles. The van der Waals surface area contributed by atoms with Crippen molar-refractivity contribution >= 4 is 52.6 Å². The quantitative estimate of drug-likeness (QED) is 0.0316.